The van der Waals surface area contributed by atoms with E-state index in [1.807, 2.05) is 0 Å². The van der Waals surface area contributed by atoms with E-state index in [1.165, 1.54) is 55.4 Å². The highest BCUT2D eigenvalue weighted by Crippen LogP contribution is 2.39. The van der Waals surface area contributed by atoms with Gasteiger partial charge in [0.1, 0.15) is 146 Å². The first kappa shape index (κ1) is 63.2. The lowest BCUT2D eigenvalue weighted by Gasteiger charge is -2.50. The third kappa shape index (κ3) is 12.1. The summed E-state index contributed by atoms with van der Waals surface area (Å²) < 4.78 is 94.1. The van der Waals surface area contributed by atoms with E-state index < -0.39 is 246 Å². The van der Waals surface area contributed by atoms with Crippen molar-refractivity contribution in [2.24, 2.45) is 0 Å². The van der Waals surface area contributed by atoms with Crippen LogP contribution in [0.15, 0.2) is 0 Å². The number of aliphatic hydroxyl groups is 16. The van der Waals surface area contributed by atoms with Crippen LogP contribution in [0.2, 0.25) is 0 Å². The molecule has 16 N–H and O–H groups in total. The lowest BCUT2D eigenvalue weighted by atomic mass is 9.95. The summed E-state index contributed by atoms with van der Waals surface area (Å²) in [5, 5.41) is 181. The SMILES string of the molecule is CC1O[C@H]2O[C@H]3C(C)O[C@@H](O[C@H]4C(C)O[C@@H](O[C@H]5C(C)O[C@@H](O[C@H]6C(C)O[C@@H](O[C@H]7C(C)O[C@@H](O[C@H]8C(C)O[C@@H](O[C@H]9C(C)O[C@@H](O[C@@H]1[C@H](O)C2O)C(O)[C@H]9O)C(O)[C@H]8O)C(O)[C@H]7O)C(O)[C@H]6O)C(O)[C@H]5O)C(O)[C@H]4O)C(O)[C@H]3O. The summed E-state index contributed by atoms with van der Waals surface area (Å²) in [5.74, 6) is 0. The van der Waals surface area contributed by atoms with E-state index in [0.717, 1.165) is 0 Å². The number of aliphatic hydroxyl groups excluding tert-OH is 16. The number of rotatable bonds is 0. The van der Waals surface area contributed by atoms with Crippen LogP contribution < -0.4 is 0 Å². The second-order valence-electron chi connectivity index (χ2n) is 22.3. The van der Waals surface area contributed by atoms with Crippen molar-refractivity contribution in [2.45, 2.75) is 301 Å². The topological polar surface area (TPSA) is 471 Å². The van der Waals surface area contributed by atoms with Gasteiger partial charge in [0.2, 0.25) is 0 Å². The summed E-state index contributed by atoms with van der Waals surface area (Å²) in [6.07, 6.45) is -64.9. The number of ether oxygens (including phenoxy) is 16. The van der Waals surface area contributed by atoms with E-state index in [9.17, 15) is 81.7 Å². The highest BCUT2D eigenvalue weighted by Gasteiger charge is 2.58. The summed E-state index contributed by atoms with van der Waals surface area (Å²) >= 11 is 0. The molecule has 0 aromatic rings. The van der Waals surface area contributed by atoms with E-state index in [1.54, 1.807) is 0 Å². The molecule has 16 bridgehead atoms. The van der Waals surface area contributed by atoms with Gasteiger partial charge in [-0.15, -0.1) is 0 Å². The van der Waals surface area contributed by atoms with Crippen molar-refractivity contribution in [3.8, 4) is 0 Å². The number of hydrogen-bond donors (Lipinski definition) is 16. The third-order valence-electron chi connectivity index (χ3n) is 16.5. The summed E-state index contributed by atoms with van der Waals surface area (Å²) in [5.41, 5.74) is 0. The Bertz CT molecular complexity index is 1600. The fourth-order valence-electron chi connectivity index (χ4n) is 11.7. The van der Waals surface area contributed by atoms with Crippen LogP contribution in [0.4, 0.5) is 0 Å². The zero-order valence-electron chi connectivity index (χ0n) is 44.8. The molecule has 30 aliphatic rings. The second kappa shape index (κ2) is 25.2. The van der Waals surface area contributed by atoms with E-state index in [-0.39, 0.29) is 0 Å². The van der Waals surface area contributed by atoms with Gasteiger partial charge in [-0.1, -0.05) is 0 Å². The average Bonchev–Trinajstić information content (AvgIpc) is 3.41. The fraction of sp³-hybridized carbons (Fsp3) is 1.00. The maximum atomic E-state index is 11.3. The zero-order chi connectivity index (χ0) is 58.4. The van der Waals surface area contributed by atoms with Gasteiger partial charge >= 0.3 is 0 Å². The van der Waals surface area contributed by atoms with Crippen LogP contribution in [0.5, 0.6) is 0 Å². The molecule has 80 heavy (non-hydrogen) atoms. The van der Waals surface area contributed by atoms with E-state index in [0.29, 0.717) is 0 Å². The molecule has 0 amide bonds. The van der Waals surface area contributed by atoms with Crippen LogP contribution in [0.3, 0.4) is 0 Å². The third-order valence-corrected chi connectivity index (χ3v) is 16.5. The fourth-order valence-corrected chi connectivity index (χ4v) is 11.7. The van der Waals surface area contributed by atoms with Crippen molar-refractivity contribution in [3.05, 3.63) is 0 Å². The van der Waals surface area contributed by atoms with Crippen molar-refractivity contribution in [3.63, 3.8) is 0 Å². The van der Waals surface area contributed by atoms with Crippen LogP contribution in [0.1, 0.15) is 55.4 Å². The summed E-state index contributed by atoms with van der Waals surface area (Å²) in [4.78, 5) is 0. The Hall–Kier alpha value is -1.28. The molecule has 0 saturated carbocycles. The lowest BCUT2D eigenvalue weighted by Crippen LogP contribution is -2.67. The lowest BCUT2D eigenvalue weighted by molar-refractivity contribution is -0.397. The predicted octanol–water partition coefficient (Wildman–Crippen LogP) is -9.19. The Morgan fingerprint density at radius 2 is 0.225 bits per heavy atom. The molecule has 0 aromatic heterocycles. The van der Waals surface area contributed by atoms with E-state index in [2.05, 4.69) is 0 Å². The van der Waals surface area contributed by atoms with Gasteiger partial charge in [-0.3, -0.25) is 0 Å². The van der Waals surface area contributed by atoms with Gasteiger partial charge in [-0.25, -0.2) is 0 Å². The molecule has 30 saturated heterocycles. The molecule has 0 aromatic carbocycles. The molecular formula is C48H80O32. The van der Waals surface area contributed by atoms with E-state index >= 15 is 0 Å². The minimum atomic E-state index is -1.92. The van der Waals surface area contributed by atoms with Gasteiger partial charge in [-0.2, -0.15) is 0 Å². The molecule has 30 aliphatic heterocycles. The standard InChI is InChI=1S/C48H80O32/c1-9-33-17(49)25(57)41(65-9)74-34-10(2)67-43(27(59)19(34)51)76-36-12(4)69-45(29(61)21(36)53)78-38-14(6)71-47(31(63)23(38)55)80-40-16(8)72-48(32(64)24(40)56)79-39-15(7)70-46(30(62)22(39)54)77-37-13(5)68-44(28(60)20(37)52)75-35-11(3)66-42(73-33)26(58)18(35)50/h9-64H,1-8H3/t9?,10?,11?,12?,13?,14?,15?,16?,17-,18-,19-,20-,21-,22-,23-,24-,25?,26?,27?,28?,29?,30?,31?,32?,33+,34+,35+,36+,37+,38+,39+,40+,41+,42+,43+,44+,45+,46+,47+,48+/m1/s1. The Kier molecular flexibility index (Phi) is 19.9. The zero-order valence-corrected chi connectivity index (χ0v) is 44.8. The Morgan fingerprint density at radius 3 is 0.312 bits per heavy atom. The van der Waals surface area contributed by atoms with Gasteiger partial charge in [-0.05, 0) is 55.4 Å². The molecule has 30 heterocycles. The van der Waals surface area contributed by atoms with Crippen LogP contribution in [-0.4, -0.2) is 327 Å². The molecule has 40 atom stereocenters. The quantitative estimate of drug-likeness (QED) is 0.107. The van der Waals surface area contributed by atoms with Crippen LogP contribution in [0.25, 0.3) is 0 Å². The molecule has 32 nitrogen and oxygen atoms in total. The molecule has 30 fully saturated rings. The highest BCUT2D eigenvalue weighted by molar-refractivity contribution is 5.00. The molecule has 0 spiro atoms. The first-order valence-corrected chi connectivity index (χ1v) is 27.0. The Morgan fingerprint density at radius 1 is 0.138 bits per heavy atom. The first-order chi connectivity index (χ1) is 37.6. The van der Waals surface area contributed by atoms with Gasteiger partial charge in [0.05, 0.1) is 48.8 Å². The van der Waals surface area contributed by atoms with Crippen molar-refractivity contribution in [1.29, 1.82) is 0 Å². The van der Waals surface area contributed by atoms with Gasteiger partial charge in [0.25, 0.3) is 0 Å². The minimum absolute atomic E-state index is 1.17. The van der Waals surface area contributed by atoms with Gasteiger partial charge in [0, 0.05) is 0 Å². The highest BCUT2D eigenvalue weighted by atomic mass is 16.8. The average molecular weight is 1170 g/mol. The van der Waals surface area contributed by atoms with Crippen LogP contribution in [-0.2, 0) is 75.8 Å². The maximum absolute atomic E-state index is 11.3. The monoisotopic (exact) mass is 1170 g/mol. The molecule has 32 heteroatoms. The van der Waals surface area contributed by atoms with Gasteiger partial charge in [0.15, 0.2) is 50.3 Å². The maximum Gasteiger partial charge on any atom is 0.187 e. The number of hydrogen-bond acceptors (Lipinski definition) is 32. The molecule has 0 aliphatic carbocycles. The Labute approximate surface area is 457 Å². The van der Waals surface area contributed by atoms with Gasteiger partial charge < -0.3 is 157 Å². The normalized spacial score (nSPS) is 59.7. The van der Waals surface area contributed by atoms with Crippen LogP contribution >= 0.6 is 0 Å². The molecule has 16 unspecified atom stereocenters. The van der Waals surface area contributed by atoms with Crippen molar-refractivity contribution < 1.29 is 157 Å². The largest absolute Gasteiger partial charge is 0.387 e. The second-order valence-corrected chi connectivity index (χ2v) is 22.3. The molecular weight excluding hydrogens is 1090 g/mol. The van der Waals surface area contributed by atoms with Crippen molar-refractivity contribution >= 4 is 0 Å². The molecule has 0 radical (unpaired) electrons. The summed E-state index contributed by atoms with van der Waals surface area (Å²) in [6, 6.07) is 0. The van der Waals surface area contributed by atoms with Crippen molar-refractivity contribution in [1.82, 2.24) is 0 Å². The van der Waals surface area contributed by atoms with Crippen LogP contribution in [0, 0.1) is 0 Å². The molecule has 464 valence electrons. The minimum Gasteiger partial charge on any atom is -0.387 e. The first-order valence-electron chi connectivity index (χ1n) is 27.0. The summed E-state index contributed by atoms with van der Waals surface area (Å²) in [7, 11) is 0. The smallest absolute Gasteiger partial charge is 0.187 e. The molecule has 30 rings (SSSR count). The van der Waals surface area contributed by atoms with Crippen molar-refractivity contribution in [2.75, 3.05) is 0 Å². The summed E-state index contributed by atoms with van der Waals surface area (Å²) in [6.45, 7) is 11.3. The van der Waals surface area contributed by atoms with E-state index in [4.69, 9.17) is 75.8 Å². The predicted molar refractivity (Wildman–Crippen MR) is 250 cm³/mol. The Balaban J connectivity index is 0.924.